The second-order valence-corrected chi connectivity index (χ2v) is 9.02. The van der Waals surface area contributed by atoms with E-state index in [9.17, 15) is 23.3 Å². The number of aromatic nitrogens is 1. The lowest BCUT2D eigenvalue weighted by atomic mass is 9.95. The van der Waals surface area contributed by atoms with Gasteiger partial charge in [-0.25, -0.2) is 8.42 Å². The van der Waals surface area contributed by atoms with E-state index in [0.29, 0.717) is 10.9 Å². The van der Waals surface area contributed by atoms with Gasteiger partial charge in [-0.2, -0.15) is 0 Å². The summed E-state index contributed by atoms with van der Waals surface area (Å²) in [6.45, 7) is 5.35. The number of hydrogen-bond donors (Lipinski definition) is 1. The van der Waals surface area contributed by atoms with Gasteiger partial charge in [-0.1, -0.05) is 32.9 Å². The normalized spacial score (nSPS) is 12.1. The van der Waals surface area contributed by atoms with Crippen LogP contribution in [0.15, 0.2) is 59.6 Å². The van der Waals surface area contributed by atoms with Crippen molar-refractivity contribution in [1.29, 1.82) is 0 Å². The molecule has 146 valence electrons. The van der Waals surface area contributed by atoms with Gasteiger partial charge in [-0.15, -0.1) is 0 Å². The molecule has 2 aromatic carbocycles. The zero-order valence-corrected chi connectivity index (χ0v) is 16.4. The van der Waals surface area contributed by atoms with Gasteiger partial charge < -0.3 is 0 Å². The summed E-state index contributed by atoms with van der Waals surface area (Å²) >= 11 is 0. The van der Waals surface area contributed by atoms with Crippen molar-refractivity contribution in [3.63, 3.8) is 0 Å². The molecule has 3 rings (SSSR count). The first kappa shape index (κ1) is 19.6. The lowest BCUT2D eigenvalue weighted by Gasteiger charge is -2.19. The Balaban J connectivity index is 2.05. The van der Waals surface area contributed by atoms with E-state index in [0.717, 1.165) is 12.1 Å². The van der Waals surface area contributed by atoms with Crippen LogP contribution in [0.4, 0.5) is 11.4 Å². The van der Waals surface area contributed by atoms with E-state index in [-0.39, 0.29) is 22.2 Å². The van der Waals surface area contributed by atoms with E-state index in [1.165, 1.54) is 16.7 Å². The second-order valence-electron chi connectivity index (χ2n) is 7.34. The largest absolute Gasteiger partial charge is 0.285 e. The van der Waals surface area contributed by atoms with Gasteiger partial charge >= 0.3 is 0 Å². The number of nitrogens with zero attached hydrogens (tertiary/aromatic N) is 2. The van der Waals surface area contributed by atoms with Gasteiger partial charge in [0.15, 0.2) is 0 Å². The number of carbonyl (C=O) groups excluding carboxylic acids is 1. The molecule has 0 radical (unpaired) electrons. The van der Waals surface area contributed by atoms with Gasteiger partial charge in [0.2, 0.25) is 5.91 Å². The number of carbonyl (C=O) groups is 1. The summed E-state index contributed by atoms with van der Waals surface area (Å²) in [6, 6.07) is 11.4. The Hall–Kier alpha value is -3.20. The zero-order valence-electron chi connectivity index (χ0n) is 15.5. The number of para-hydroxylation sites is 1. The molecule has 1 aromatic heterocycles. The van der Waals surface area contributed by atoms with Crippen LogP contribution in [-0.4, -0.2) is 23.8 Å². The Morgan fingerprint density at radius 3 is 2.29 bits per heavy atom. The van der Waals surface area contributed by atoms with Crippen LogP contribution in [-0.2, 0) is 10.0 Å². The van der Waals surface area contributed by atoms with Crippen molar-refractivity contribution in [2.24, 2.45) is 5.41 Å². The van der Waals surface area contributed by atoms with E-state index in [1.807, 2.05) is 0 Å². The molecule has 1 heterocycles. The summed E-state index contributed by atoms with van der Waals surface area (Å²) in [4.78, 5) is 22.8. The third-order valence-electron chi connectivity index (χ3n) is 4.17. The maximum absolute atomic E-state index is 12.8. The Labute approximate surface area is 162 Å². The third-order valence-corrected chi connectivity index (χ3v) is 5.56. The van der Waals surface area contributed by atoms with Crippen LogP contribution in [0, 0.1) is 15.5 Å². The number of rotatable bonds is 4. The number of benzene rings is 2. The molecule has 9 heteroatoms. The van der Waals surface area contributed by atoms with Crippen LogP contribution in [0.3, 0.4) is 0 Å². The first-order chi connectivity index (χ1) is 13.0. The Bertz CT molecular complexity index is 1170. The van der Waals surface area contributed by atoms with Crippen molar-refractivity contribution in [3.05, 3.63) is 64.8 Å². The van der Waals surface area contributed by atoms with Crippen molar-refractivity contribution in [2.75, 3.05) is 4.72 Å². The summed E-state index contributed by atoms with van der Waals surface area (Å²) in [5.41, 5.74) is -0.159. The number of fused-ring (bicyclic) bond motifs is 1. The topological polar surface area (TPSA) is 111 Å². The van der Waals surface area contributed by atoms with Crippen LogP contribution in [0.25, 0.3) is 10.9 Å². The Kier molecular flexibility index (Phi) is 4.72. The number of nitro groups is 1. The number of nitrogens with one attached hydrogen (secondary N) is 1. The molecular weight excluding hydrogens is 382 g/mol. The summed E-state index contributed by atoms with van der Waals surface area (Å²) < 4.78 is 29.4. The van der Waals surface area contributed by atoms with Crippen LogP contribution in [0.5, 0.6) is 0 Å². The molecule has 0 saturated carbocycles. The highest BCUT2D eigenvalue weighted by Crippen LogP contribution is 2.29. The van der Waals surface area contributed by atoms with Gasteiger partial charge in [-0.05, 0) is 24.3 Å². The number of non-ortho nitro benzene ring substituents is 1. The van der Waals surface area contributed by atoms with Gasteiger partial charge in [0, 0.05) is 29.1 Å². The molecule has 28 heavy (non-hydrogen) atoms. The zero-order chi connectivity index (χ0) is 20.7. The lowest BCUT2D eigenvalue weighted by molar-refractivity contribution is -0.384. The molecule has 0 saturated heterocycles. The van der Waals surface area contributed by atoms with Crippen molar-refractivity contribution in [1.82, 2.24) is 4.57 Å². The molecule has 0 aliphatic heterocycles. The van der Waals surface area contributed by atoms with Gasteiger partial charge in [0.05, 0.1) is 21.0 Å². The first-order valence-electron chi connectivity index (χ1n) is 8.43. The molecule has 1 N–H and O–H groups in total. The maximum Gasteiger partial charge on any atom is 0.269 e. The molecule has 3 aromatic rings. The van der Waals surface area contributed by atoms with Crippen molar-refractivity contribution in [2.45, 2.75) is 25.7 Å². The molecule has 0 unspecified atom stereocenters. The molecule has 8 nitrogen and oxygen atoms in total. The molecule has 0 fully saturated rings. The molecule has 0 amide bonds. The Morgan fingerprint density at radius 2 is 1.71 bits per heavy atom. The maximum atomic E-state index is 12.8. The SMILES string of the molecule is CC(C)(C)C(=O)n1ccc2cccc(NS(=O)(=O)c3ccc([N+](=O)[O-])cc3)c21. The van der Waals surface area contributed by atoms with Crippen LogP contribution < -0.4 is 4.72 Å². The Morgan fingerprint density at radius 1 is 1.07 bits per heavy atom. The smallest absolute Gasteiger partial charge is 0.269 e. The number of sulfonamides is 1. The summed E-state index contributed by atoms with van der Waals surface area (Å²) in [6.07, 6.45) is 1.61. The van der Waals surface area contributed by atoms with E-state index >= 15 is 0 Å². The molecular formula is C19H19N3O5S. The summed E-state index contributed by atoms with van der Waals surface area (Å²) in [5, 5.41) is 11.5. The molecule has 0 aliphatic rings. The van der Waals surface area contributed by atoms with Crippen LogP contribution in [0.2, 0.25) is 0 Å². The van der Waals surface area contributed by atoms with Gasteiger partial charge in [-0.3, -0.25) is 24.2 Å². The highest BCUT2D eigenvalue weighted by atomic mass is 32.2. The standard InChI is InChI=1S/C19H19N3O5S/c1-19(2,3)18(23)21-12-11-13-5-4-6-16(17(13)21)20-28(26,27)15-9-7-14(8-10-15)22(24)25/h4-12,20H,1-3H3. The minimum atomic E-state index is -4.00. The van der Waals surface area contributed by atoms with Gasteiger partial charge in [0.25, 0.3) is 15.7 Å². The van der Waals surface area contributed by atoms with E-state index in [2.05, 4.69) is 4.72 Å². The van der Waals surface area contributed by atoms with Crippen molar-refractivity contribution >= 4 is 38.2 Å². The highest BCUT2D eigenvalue weighted by molar-refractivity contribution is 7.92. The highest BCUT2D eigenvalue weighted by Gasteiger charge is 2.26. The lowest BCUT2D eigenvalue weighted by Crippen LogP contribution is -2.26. The fourth-order valence-corrected chi connectivity index (χ4v) is 3.82. The van der Waals surface area contributed by atoms with Crippen molar-refractivity contribution in [3.8, 4) is 0 Å². The molecule has 0 spiro atoms. The van der Waals surface area contributed by atoms with Crippen LogP contribution >= 0.6 is 0 Å². The number of hydrogen-bond acceptors (Lipinski definition) is 5. The predicted octanol–water partition coefficient (Wildman–Crippen LogP) is 4.04. The predicted molar refractivity (Wildman–Crippen MR) is 106 cm³/mol. The molecule has 0 bridgehead atoms. The summed E-state index contributed by atoms with van der Waals surface area (Å²) in [5.74, 6) is -0.176. The van der Waals surface area contributed by atoms with E-state index < -0.39 is 20.4 Å². The monoisotopic (exact) mass is 401 g/mol. The fraction of sp³-hybridized carbons (Fsp3) is 0.211. The fourth-order valence-electron chi connectivity index (χ4n) is 2.76. The van der Waals surface area contributed by atoms with E-state index in [1.54, 1.807) is 51.2 Å². The van der Waals surface area contributed by atoms with Crippen molar-refractivity contribution < 1.29 is 18.1 Å². The third kappa shape index (κ3) is 3.61. The van der Waals surface area contributed by atoms with E-state index in [4.69, 9.17) is 0 Å². The first-order valence-corrected chi connectivity index (χ1v) is 9.91. The minimum Gasteiger partial charge on any atom is -0.285 e. The second kappa shape index (κ2) is 6.75. The molecule has 0 aliphatic carbocycles. The number of nitro benzene ring substituents is 1. The summed E-state index contributed by atoms with van der Waals surface area (Å²) in [7, 11) is -4.00. The number of anilines is 1. The quantitative estimate of drug-likeness (QED) is 0.524. The molecule has 0 atom stereocenters. The van der Waals surface area contributed by atoms with Crippen LogP contribution in [0.1, 0.15) is 25.6 Å². The van der Waals surface area contributed by atoms with Gasteiger partial charge in [0.1, 0.15) is 0 Å². The average molecular weight is 401 g/mol. The minimum absolute atomic E-state index is 0.115. The average Bonchev–Trinajstić information content (AvgIpc) is 3.05.